The Morgan fingerprint density at radius 2 is 1.67 bits per heavy atom. The molecular formula is C28H37F3NS+. The zero-order valence-corrected chi connectivity index (χ0v) is 21.4. The number of rotatable bonds is 7. The molecule has 2 N–H and O–H groups in total. The molecule has 0 bridgehead atoms. The van der Waals surface area contributed by atoms with E-state index in [1.165, 1.54) is 6.42 Å². The normalized spacial score (nSPS) is 12.4. The van der Waals surface area contributed by atoms with Gasteiger partial charge in [0.2, 0.25) is 0 Å². The van der Waals surface area contributed by atoms with Crippen LogP contribution in [0.4, 0.5) is 18.9 Å². The summed E-state index contributed by atoms with van der Waals surface area (Å²) in [5.41, 5.74) is 1.03. The second-order valence-electron chi connectivity index (χ2n) is 7.77. The molecule has 5 heteroatoms. The Kier molecular flexibility index (Phi) is 12.8. The molecule has 33 heavy (non-hydrogen) atoms. The molecule has 0 aliphatic carbocycles. The Morgan fingerprint density at radius 3 is 2.24 bits per heavy atom. The molecule has 3 aromatic rings. The van der Waals surface area contributed by atoms with E-state index in [2.05, 4.69) is 13.8 Å². The van der Waals surface area contributed by atoms with Crippen molar-refractivity contribution in [1.82, 2.24) is 0 Å². The van der Waals surface area contributed by atoms with Gasteiger partial charge in [0.1, 0.15) is 5.69 Å². The van der Waals surface area contributed by atoms with Crippen LogP contribution in [-0.2, 0) is 5.41 Å². The van der Waals surface area contributed by atoms with Crippen LogP contribution in [0.1, 0.15) is 64.3 Å². The Bertz CT molecular complexity index is 1020. The maximum absolute atomic E-state index is 14.1. The third-order valence-corrected chi connectivity index (χ3v) is 5.86. The first-order chi connectivity index (χ1) is 15.9. The van der Waals surface area contributed by atoms with E-state index in [-0.39, 0.29) is 6.42 Å². The van der Waals surface area contributed by atoms with Crippen LogP contribution in [0.15, 0.2) is 71.9 Å². The summed E-state index contributed by atoms with van der Waals surface area (Å²) >= 11 is 1.60. The predicted octanol–water partition coefficient (Wildman–Crippen LogP) is 9.00. The highest BCUT2D eigenvalue weighted by atomic mass is 32.1. The molecule has 1 nitrogen and oxygen atoms in total. The van der Waals surface area contributed by atoms with E-state index in [0.29, 0.717) is 6.42 Å². The van der Waals surface area contributed by atoms with E-state index >= 15 is 0 Å². The Labute approximate surface area is 201 Å². The van der Waals surface area contributed by atoms with Crippen molar-refractivity contribution < 1.29 is 18.5 Å². The highest BCUT2D eigenvalue weighted by Crippen LogP contribution is 2.42. The van der Waals surface area contributed by atoms with Gasteiger partial charge in [-0.1, -0.05) is 77.4 Å². The van der Waals surface area contributed by atoms with Crippen molar-refractivity contribution in [3.8, 4) is 0 Å². The fraction of sp³-hybridized carbons (Fsp3) is 0.357. The highest BCUT2D eigenvalue weighted by molar-refractivity contribution is 7.10. The van der Waals surface area contributed by atoms with Crippen molar-refractivity contribution >= 4 is 33.9 Å². The summed E-state index contributed by atoms with van der Waals surface area (Å²) in [5.74, 6) is -1.35. The van der Waals surface area contributed by atoms with Gasteiger partial charge in [-0.15, -0.1) is 11.3 Å². The third-order valence-electron chi connectivity index (χ3n) is 5.02. The van der Waals surface area contributed by atoms with E-state index in [0.717, 1.165) is 26.9 Å². The van der Waals surface area contributed by atoms with Gasteiger partial charge in [0.15, 0.2) is 5.83 Å². The van der Waals surface area contributed by atoms with Crippen molar-refractivity contribution in [1.29, 1.82) is 0 Å². The molecule has 0 spiro atoms. The fourth-order valence-electron chi connectivity index (χ4n) is 3.70. The van der Waals surface area contributed by atoms with Crippen molar-refractivity contribution in [3.05, 3.63) is 82.3 Å². The van der Waals surface area contributed by atoms with Gasteiger partial charge in [0.25, 0.3) is 0 Å². The fourth-order valence-corrected chi connectivity index (χ4v) is 4.34. The molecule has 1 atom stereocenters. The van der Waals surface area contributed by atoms with Crippen LogP contribution in [0, 0.1) is 0 Å². The van der Waals surface area contributed by atoms with E-state index < -0.39 is 17.3 Å². The summed E-state index contributed by atoms with van der Waals surface area (Å²) in [5, 5.41) is 5.92. The van der Waals surface area contributed by atoms with Crippen LogP contribution >= 0.6 is 11.3 Å². The lowest BCUT2D eigenvalue weighted by Crippen LogP contribution is -2.73. The average molecular weight is 477 g/mol. The van der Waals surface area contributed by atoms with Crippen LogP contribution in [0.2, 0.25) is 0 Å². The lowest BCUT2D eigenvalue weighted by atomic mass is 9.73. The van der Waals surface area contributed by atoms with Gasteiger partial charge in [-0.3, -0.25) is 0 Å². The number of thiophene rings is 1. The molecule has 2 aromatic carbocycles. The Balaban J connectivity index is 0.00000101. The topological polar surface area (TPSA) is 16.6 Å². The van der Waals surface area contributed by atoms with Crippen LogP contribution in [0.5, 0.6) is 0 Å². The molecule has 0 aliphatic heterocycles. The van der Waals surface area contributed by atoms with Crippen LogP contribution < -0.4 is 5.32 Å². The van der Waals surface area contributed by atoms with E-state index in [1.807, 2.05) is 99.2 Å². The minimum absolute atomic E-state index is 0.348. The van der Waals surface area contributed by atoms with Crippen LogP contribution in [0.25, 0.3) is 16.8 Å². The van der Waals surface area contributed by atoms with Gasteiger partial charge >= 0.3 is 6.08 Å². The first kappa shape index (κ1) is 28.7. The van der Waals surface area contributed by atoms with Crippen molar-refractivity contribution in [3.63, 3.8) is 0 Å². The second-order valence-corrected chi connectivity index (χ2v) is 8.75. The number of halogens is 3. The molecule has 1 aromatic heterocycles. The highest BCUT2D eigenvalue weighted by Gasteiger charge is 2.34. The largest absolute Gasteiger partial charge is 0.316 e. The number of allylic oxidation sites excluding steroid dienone is 2. The first-order valence-electron chi connectivity index (χ1n) is 11.6. The van der Waals surface area contributed by atoms with Gasteiger partial charge in [-0.25, -0.2) is 4.39 Å². The number of quaternary nitrogens is 1. The third kappa shape index (κ3) is 8.17. The summed E-state index contributed by atoms with van der Waals surface area (Å²) in [6.07, 6.45) is 3.03. The lowest BCUT2D eigenvalue weighted by Gasteiger charge is -2.30. The molecule has 180 valence electrons. The van der Waals surface area contributed by atoms with E-state index in [4.69, 9.17) is 0 Å². The molecule has 0 fully saturated rings. The summed E-state index contributed by atoms with van der Waals surface area (Å²) in [7, 11) is 1.91. The molecule has 0 amide bonds. The molecule has 1 unspecified atom stereocenters. The maximum Gasteiger partial charge on any atom is 0.301 e. The average Bonchev–Trinajstić information content (AvgIpc) is 3.33. The summed E-state index contributed by atoms with van der Waals surface area (Å²) in [6, 6.07) is 15.8. The first-order valence-corrected chi connectivity index (χ1v) is 12.5. The molecule has 1 heterocycles. The second kappa shape index (κ2) is 14.7. The number of hydrogen-bond donors (Lipinski definition) is 1. The van der Waals surface area contributed by atoms with Crippen LogP contribution in [0.3, 0.4) is 0 Å². The number of hydrogen-bond acceptors (Lipinski definition) is 1. The number of benzene rings is 2. The lowest BCUT2D eigenvalue weighted by molar-refractivity contribution is -0.540. The minimum atomic E-state index is -2.24. The van der Waals surface area contributed by atoms with E-state index in [9.17, 15) is 13.2 Å². The zero-order valence-electron chi connectivity index (χ0n) is 20.6. The van der Waals surface area contributed by atoms with Crippen molar-refractivity contribution in [2.75, 3.05) is 7.05 Å². The predicted molar refractivity (Wildman–Crippen MR) is 139 cm³/mol. The summed E-state index contributed by atoms with van der Waals surface area (Å²) in [4.78, 5) is 1.08. The number of nitrogens with two attached hydrogens (primary N) is 1. The van der Waals surface area contributed by atoms with Gasteiger partial charge < -0.3 is 5.32 Å². The summed E-state index contributed by atoms with van der Waals surface area (Å²) < 4.78 is 40.1. The van der Waals surface area contributed by atoms with Gasteiger partial charge in [-0.05, 0) is 46.8 Å². The van der Waals surface area contributed by atoms with Crippen molar-refractivity contribution in [2.24, 2.45) is 0 Å². The van der Waals surface area contributed by atoms with Gasteiger partial charge in [0.05, 0.1) is 7.05 Å². The van der Waals surface area contributed by atoms with Gasteiger partial charge in [0, 0.05) is 22.3 Å². The van der Waals surface area contributed by atoms with Crippen molar-refractivity contribution in [2.45, 2.75) is 59.3 Å². The molecule has 0 saturated heterocycles. The quantitative estimate of drug-likeness (QED) is 0.328. The Morgan fingerprint density at radius 1 is 1.00 bits per heavy atom. The smallest absolute Gasteiger partial charge is 0.301 e. The molecule has 0 saturated carbocycles. The van der Waals surface area contributed by atoms with Gasteiger partial charge in [-0.2, -0.15) is 8.78 Å². The molecule has 0 radical (unpaired) electrons. The SMILES string of the molecule is CC.CCC.C[NH2+]c1ccc2ccccc2c1C(C)(C/C=C/c1cccs1)CC(F)=C(F)F. The van der Waals surface area contributed by atoms with Crippen LogP contribution in [-0.4, -0.2) is 7.05 Å². The van der Waals surface area contributed by atoms with E-state index in [1.54, 1.807) is 11.3 Å². The molecule has 0 aliphatic rings. The standard InChI is InChI=1S/C23H22F3NS.C3H8.C2H6/c1-23(15-19(24)22(25)26,13-5-8-17-9-6-14-28-17)21-18-10-4-3-7-16(18)11-12-20(21)27-2;1-3-2;1-2/h3-12,14,27H,13,15H2,1-2H3;3H2,1-2H3;1-2H3/p+1/b8-5+;;. The summed E-state index contributed by atoms with van der Waals surface area (Å²) in [6.45, 7) is 10.1. The minimum Gasteiger partial charge on any atom is -0.316 e. The maximum atomic E-state index is 14.1. The molecular weight excluding hydrogens is 439 g/mol. The number of fused-ring (bicyclic) bond motifs is 1. The molecule has 3 rings (SSSR count). The monoisotopic (exact) mass is 476 g/mol. The zero-order chi connectivity index (χ0) is 24.9. The Hall–Kier alpha value is -2.37.